The molecule has 2 atom stereocenters. The molecule has 1 aliphatic heterocycles. The van der Waals surface area contributed by atoms with E-state index in [1.807, 2.05) is 12.1 Å². The minimum atomic E-state index is 0.415. The highest BCUT2D eigenvalue weighted by atomic mass is 35.5. The second kappa shape index (κ2) is 5.60. The molecule has 3 heteroatoms. The fourth-order valence-corrected chi connectivity index (χ4v) is 2.85. The predicted octanol–water partition coefficient (Wildman–Crippen LogP) is 3.56. The van der Waals surface area contributed by atoms with Gasteiger partial charge in [-0.1, -0.05) is 23.7 Å². The molecule has 1 aromatic carbocycles. The van der Waals surface area contributed by atoms with Crippen molar-refractivity contribution in [3.8, 4) is 0 Å². The molecular weight excluding hydrogens is 246 g/mol. The fourth-order valence-electron chi connectivity index (χ4n) is 2.72. The van der Waals surface area contributed by atoms with E-state index in [9.17, 15) is 0 Å². The maximum atomic E-state index is 5.95. The van der Waals surface area contributed by atoms with Crippen LogP contribution in [0.5, 0.6) is 0 Å². The molecule has 0 spiro atoms. The molecule has 2 nitrogen and oxygen atoms in total. The molecule has 98 valence electrons. The molecule has 1 N–H and O–H groups in total. The van der Waals surface area contributed by atoms with Gasteiger partial charge in [-0.15, -0.1) is 0 Å². The zero-order chi connectivity index (χ0) is 12.4. The Kier molecular flexibility index (Phi) is 3.88. The highest BCUT2D eigenvalue weighted by Gasteiger charge is 2.32. The molecule has 0 radical (unpaired) electrons. The summed E-state index contributed by atoms with van der Waals surface area (Å²) in [6, 6.07) is 8.74. The van der Waals surface area contributed by atoms with Crippen molar-refractivity contribution in [3.63, 3.8) is 0 Å². The van der Waals surface area contributed by atoms with Crippen LogP contribution in [0.2, 0.25) is 5.02 Å². The van der Waals surface area contributed by atoms with E-state index in [4.69, 9.17) is 16.3 Å². The van der Waals surface area contributed by atoms with E-state index in [-0.39, 0.29) is 0 Å². The quantitative estimate of drug-likeness (QED) is 0.879. The topological polar surface area (TPSA) is 21.3 Å². The minimum absolute atomic E-state index is 0.415. The van der Waals surface area contributed by atoms with Crippen molar-refractivity contribution in [3.05, 3.63) is 34.9 Å². The smallest absolute Gasteiger partial charge is 0.0700 e. The lowest BCUT2D eigenvalue weighted by Crippen LogP contribution is -2.31. The van der Waals surface area contributed by atoms with E-state index in [0.29, 0.717) is 12.1 Å². The SMILES string of the molecule is Clc1ccc(C(NCC2CCCO2)C2CC2)cc1. The lowest BCUT2D eigenvalue weighted by Gasteiger charge is -2.21. The Morgan fingerprint density at radius 1 is 1.22 bits per heavy atom. The van der Waals surface area contributed by atoms with E-state index < -0.39 is 0 Å². The van der Waals surface area contributed by atoms with Gasteiger partial charge in [-0.3, -0.25) is 0 Å². The average Bonchev–Trinajstić information content (AvgIpc) is 3.08. The summed E-state index contributed by atoms with van der Waals surface area (Å²) in [7, 11) is 0. The highest BCUT2D eigenvalue weighted by molar-refractivity contribution is 6.30. The van der Waals surface area contributed by atoms with Crippen LogP contribution in [-0.2, 0) is 4.74 Å². The van der Waals surface area contributed by atoms with Crippen LogP contribution in [-0.4, -0.2) is 19.3 Å². The molecule has 0 amide bonds. The van der Waals surface area contributed by atoms with E-state index in [0.717, 1.165) is 24.1 Å². The predicted molar refractivity (Wildman–Crippen MR) is 73.9 cm³/mol. The van der Waals surface area contributed by atoms with Gasteiger partial charge in [0.15, 0.2) is 0 Å². The van der Waals surface area contributed by atoms with Crippen molar-refractivity contribution < 1.29 is 4.74 Å². The molecule has 2 unspecified atom stereocenters. The van der Waals surface area contributed by atoms with Gasteiger partial charge in [0.2, 0.25) is 0 Å². The Bertz CT molecular complexity index is 382. The van der Waals surface area contributed by atoms with Crippen LogP contribution in [0.15, 0.2) is 24.3 Å². The molecular formula is C15H20ClNO. The van der Waals surface area contributed by atoms with Crippen LogP contribution >= 0.6 is 11.6 Å². The molecule has 0 aromatic heterocycles. The Labute approximate surface area is 114 Å². The molecule has 3 rings (SSSR count). The van der Waals surface area contributed by atoms with Crippen molar-refractivity contribution in [2.24, 2.45) is 5.92 Å². The monoisotopic (exact) mass is 265 g/mol. The van der Waals surface area contributed by atoms with Gasteiger partial charge in [0, 0.05) is 24.2 Å². The standard InChI is InChI=1S/C15H20ClNO/c16-13-7-5-12(6-8-13)15(11-3-4-11)17-10-14-2-1-9-18-14/h5-8,11,14-15,17H,1-4,9-10H2. The third-order valence-corrected chi connectivity index (χ3v) is 4.16. The molecule has 1 saturated carbocycles. The first kappa shape index (κ1) is 12.5. The summed E-state index contributed by atoms with van der Waals surface area (Å²) in [5.74, 6) is 0.799. The fraction of sp³-hybridized carbons (Fsp3) is 0.600. The molecule has 0 bridgehead atoms. The first-order chi connectivity index (χ1) is 8.83. The summed E-state index contributed by atoms with van der Waals surface area (Å²) < 4.78 is 5.67. The Morgan fingerprint density at radius 3 is 2.61 bits per heavy atom. The number of ether oxygens (including phenoxy) is 1. The van der Waals surface area contributed by atoms with E-state index in [1.54, 1.807) is 0 Å². The zero-order valence-electron chi connectivity index (χ0n) is 10.6. The molecule has 18 heavy (non-hydrogen) atoms. The Morgan fingerprint density at radius 2 is 2.00 bits per heavy atom. The van der Waals surface area contributed by atoms with E-state index in [1.165, 1.54) is 31.2 Å². The maximum absolute atomic E-state index is 5.95. The second-order valence-electron chi connectivity index (χ2n) is 5.41. The Balaban J connectivity index is 1.62. The highest BCUT2D eigenvalue weighted by Crippen LogP contribution is 2.41. The van der Waals surface area contributed by atoms with Crippen LogP contribution in [0.1, 0.15) is 37.3 Å². The largest absolute Gasteiger partial charge is 0.377 e. The molecule has 1 saturated heterocycles. The first-order valence-corrected chi connectivity index (χ1v) is 7.31. The summed E-state index contributed by atoms with van der Waals surface area (Å²) >= 11 is 5.95. The van der Waals surface area contributed by atoms with Crippen molar-refractivity contribution >= 4 is 11.6 Å². The van der Waals surface area contributed by atoms with Crippen molar-refractivity contribution in [2.45, 2.75) is 37.8 Å². The lowest BCUT2D eigenvalue weighted by molar-refractivity contribution is 0.106. The summed E-state index contributed by atoms with van der Waals surface area (Å²) in [4.78, 5) is 0. The lowest BCUT2D eigenvalue weighted by atomic mass is 10.0. The third kappa shape index (κ3) is 3.05. The molecule has 1 heterocycles. The van der Waals surface area contributed by atoms with Crippen molar-refractivity contribution in [2.75, 3.05) is 13.2 Å². The summed E-state index contributed by atoms with van der Waals surface area (Å²) in [6.45, 7) is 1.91. The van der Waals surface area contributed by atoms with Gasteiger partial charge in [0.25, 0.3) is 0 Å². The van der Waals surface area contributed by atoms with Crippen LogP contribution in [0.3, 0.4) is 0 Å². The van der Waals surface area contributed by atoms with Gasteiger partial charge in [0.05, 0.1) is 6.10 Å². The van der Waals surface area contributed by atoms with Crippen LogP contribution in [0.25, 0.3) is 0 Å². The summed E-state index contributed by atoms with van der Waals surface area (Å²) in [5, 5.41) is 4.50. The molecule has 1 aromatic rings. The molecule has 2 aliphatic rings. The molecule has 2 fully saturated rings. The number of rotatable bonds is 5. The van der Waals surface area contributed by atoms with Gasteiger partial charge < -0.3 is 10.1 Å². The van der Waals surface area contributed by atoms with Gasteiger partial charge in [-0.05, 0) is 49.3 Å². The number of nitrogens with one attached hydrogen (secondary N) is 1. The maximum Gasteiger partial charge on any atom is 0.0700 e. The number of halogens is 1. The third-order valence-electron chi connectivity index (χ3n) is 3.91. The van der Waals surface area contributed by atoms with Gasteiger partial charge >= 0.3 is 0 Å². The Hall–Kier alpha value is -0.570. The van der Waals surface area contributed by atoms with Gasteiger partial charge in [-0.2, -0.15) is 0 Å². The van der Waals surface area contributed by atoms with Crippen molar-refractivity contribution in [1.29, 1.82) is 0 Å². The second-order valence-corrected chi connectivity index (χ2v) is 5.85. The van der Waals surface area contributed by atoms with Gasteiger partial charge in [-0.25, -0.2) is 0 Å². The van der Waals surface area contributed by atoms with E-state index >= 15 is 0 Å². The molecule has 1 aliphatic carbocycles. The van der Waals surface area contributed by atoms with Crippen molar-refractivity contribution in [1.82, 2.24) is 5.32 Å². The van der Waals surface area contributed by atoms with Crippen LogP contribution in [0, 0.1) is 5.92 Å². The average molecular weight is 266 g/mol. The number of hydrogen-bond acceptors (Lipinski definition) is 2. The first-order valence-electron chi connectivity index (χ1n) is 6.93. The van der Waals surface area contributed by atoms with Gasteiger partial charge in [0.1, 0.15) is 0 Å². The van der Waals surface area contributed by atoms with E-state index in [2.05, 4.69) is 17.4 Å². The van der Waals surface area contributed by atoms with Crippen LogP contribution < -0.4 is 5.32 Å². The number of benzene rings is 1. The summed E-state index contributed by atoms with van der Waals surface area (Å²) in [6.07, 6.45) is 5.50. The summed E-state index contributed by atoms with van der Waals surface area (Å²) in [5.41, 5.74) is 1.36. The minimum Gasteiger partial charge on any atom is -0.377 e. The zero-order valence-corrected chi connectivity index (χ0v) is 11.3. The normalized spacial score (nSPS) is 25.3. The van der Waals surface area contributed by atoms with Crippen LogP contribution in [0.4, 0.5) is 0 Å². The number of hydrogen-bond donors (Lipinski definition) is 1.